The summed E-state index contributed by atoms with van der Waals surface area (Å²) < 4.78 is 5.64. The van der Waals surface area contributed by atoms with Crippen LogP contribution in [0.5, 0.6) is 5.75 Å². The van der Waals surface area contributed by atoms with Crippen LogP contribution in [0.15, 0.2) is 24.3 Å². The second-order valence-electron chi connectivity index (χ2n) is 3.57. The van der Waals surface area contributed by atoms with E-state index < -0.39 is 0 Å². The molecule has 0 N–H and O–H groups in total. The summed E-state index contributed by atoms with van der Waals surface area (Å²) in [6.07, 6.45) is 2.12. The summed E-state index contributed by atoms with van der Waals surface area (Å²) in [5.74, 6) is 1.09. The van der Waals surface area contributed by atoms with Crippen LogP contribution in [0.1, 0.15) is 25.3 Å². The molecule has 0 aromatic heterocycles. The molecule has 2 rings (SSSR count). The topological polar surface area (TPSA) is 26.3 Å². The third-order valence-corrected chi connectivity index (χ3v) is 2.63. The number of aryl methyl sites for hydroxylation is 1. The molecule has 0 unspecified atom stereocenters. The van der Waals surface area contributed by atoms with Crippen molar-refractivity contribution < 1.29 is 9.53 Å². The van der Waals surface area contributed by atoms with E-state index in [1.807, 2.05) is 25.1 Å². The highest BCUT2D eigenvalue weighted by molar-refractivity contribution is 5.83. The Morgan fingerprint density at radius 2 is 2.29 bits per heavy atom. The maximum Gasteiger partial charge on any atom is 0.173 e. The SMILES string of the molecule is CCC(=O)[C@H]1CCc2ccccc2O1. The van der Waals surface area contributed by atoms with Crippen molar-refractivity contribution in [2.24, 2.45) is 0 Å². The number of benzene rings is 1. The number of hydrogen-bond acceptors (Lipinski definition) is 2. The molecule has 1 atom stereocenters. The van der Waals surface area contributed by atoms with Crippen LogP contribution >= 0.6 is 0 Å². The molecule has 0 aliphatic carbocycles. The van der Waals surface area contributed by atoms with Gasteiger partial charge >= 0.3 is 0 Å². The highest BCUT2D eigenvalue weighted by Crippen LogP contribution is 2.27. The van der Waals surface area contributed by atoms with Gasteiger partial charge in [0.2, 0.25) is 0 Å². The summed E-state index contributed by atoms with van der Waals surface area (Å²) in [7, 11) is 0. The Bertz CT molecular complexity index is 344. The summed E-state index contributed by atoms with van der Waals surface area (Å²) in [6, 6.07) is 7.94. The predicted molar refractivity (Wildman–Crippen MR) is 54.5 cm³/mol. The zero-order chi connectivity index (χ0) is 9.97. The molecule has 0 saturated heterocycles. The Hall–Kier alpha value is -1.31. The summed E-state index contributed by atoms with van der Waals surface area (Å²) in [4.78, 5) is 11.5. The van der Waals surface area contributed by atoms with Crippen LogP contribution in [0.4, 0.5) is 0 Å². The molecule has 0 bridgehead atoms. The van der Waals surface area contributed by atoms with E-state index in [2.05, 4.69) is 6.07 Å². The minimum absolute atomic E-state index is 0.208. The van der Waals surface area contributed by atoms with Crippen molar-refractivity contribution in [1.29, 1.82) is 0 Å². The van der Waals surface area contributed by atoms with Crippen LogP contribution in [0.25, 0.3) is 0 Å². The molecule has 1 aliphatic rings. The molecule has 14 heavy (non-hydrogen) atoms. The van der Waals surface area contributed by atoms with Gasteiger partial charge in [-0.2, -0.15) is 0 Å². The van der Waals surface area contributed by atoms with E-state index in [1.54, 1.807) is 0 Å². The number of hydrogen-bond donors (Lipinski definition) is 0. The Balaban J connectivity index is 2.17. The first-order valence-corrected chi connectivity index (χ1v) is 5.08. The second kappa shape index (κ2) is 3.82. The Morgan fingerprint density at radius 1 is 1.50 bits per heavy atom. The average molecular weight is 190 g/mol. The summed E-state index contributed by atoms with van der Waals surface area (Å²) in [5.41, 5.74) is 1.22. The number of Topliss-reactive ketones (excluding diaryl/α,β-unsaturated/α-hetero) is 1. The van der Waals surface area contributed by atoms with E-state index in [4.69, 9.17) is 4.74 Å². The first-order chi connectivity index (χ1) is 6.81. The minimum atomic E-state index is -0.213. The van der Waals surface area contributed by atoms with Crippen LogP contribution < -0.4 is 4.74 Å². The van der Waals surface area contributed by atoms with Crippen molar-refractivity contribution in [3.05, 3.63) is 29.8 Å². The van der Waals surface area contributed by atoms with Crippen LogP contribution in [-0.4, -0.2) is 11.9 Å². The number of ketones is 1. The summed E-state index contributed by atoms with van der Waals surface area (Å²) >= 11 is 0. The zero-order valence-electron chi connectivity index (χ0n) is 8.32. The van der Waals surface area contributed by atoms with Gasteiger partial charge in [-0.3, -0.25) is 4.79 Å². The van der Waals surface area contributed by atoms with Crippen LogP contribution in [-0.2, 0) is 11.2 Å². The highest BCUT2D eigenvalue weighted by Gasteiger charge is 2.23. The molecular formula is C12H14O2. The zero-order valence-corrected chi connectivity index (χ0v) is 8.32. The Kier molecular flexibility index (Phi) is 2.53. The highest BCUT2D eigenvalue weighted by atomic mass is 16.5. The molecule has 0 saturated carbocycles. The average Bonchev–Trinajstić information content (AvgIpc) is 2.27. The quantitative estimate of drug-likeness (QED) is 0.715. The third kappa shape index (κ3) is 1.65. The molecule has 2 nitrogen and oxygen atoms in total. The fourth-order valence-corrected chi connectivity index (χ4v) is 1.78. The maximum absolute atomic E-state index is 11.5. The van der Waals surface area contributed by atoms with Crippen molar-refractivity contribution in [1.82, 2.24) is 0 Å². The number of carbonyl (C=O) groups is 1. The lowest BCUT2D eigenvalue weighted by Crippen LogP contribution is -2.30. The lowest BCUT2D eigenvalue weighted by atomic mass is 9.99. The van der Waals surface area contributed by atoms with E-state index in [1.165, 1.54) is 5.56 Å². The largest absolute Gasteiger partial charge is 0.482 e. The molecule has 0 amide bonds. The van der Waals surface area contributed by atoms with Crippen molar-refractivity contribution >= 4 is 5.78 Å². The second-order valence-corrected chi connectivity index (χ2v) is 3.57. The van der Waals surface area contributed by atoms with Gasteiger partial charge in [0.05, 0.1) is 0 Å². The van der Waals surface area contributed by atoms with Gasteiger partial charge in [-0.05, 0) is 24.5 Å². The van der Waals surface area contributed by atoms with Crippen molar-refractivity contribution in [3.63, 3.8) is 0 Å². The van der Waals surface area contributed by atoms with Gasteiger partial charge in [0.25, 0.3) is 0 Å². The number of rotatable bonds is 2. The monoisotopic (exact) mass is 190 g/mol. The lowest BCUT2D eigenvalue weighted by Gasteiger charge is -2.24. The molecule has 1 aliphatic heterocycles. The first kappa shape index (κ1) is 9.25. The molecule has 0 fully saturated rings. The van der Waals surface area contributed by atoms with Crippen LogP contribution in [0.3, 0.4) is 0 Å². The Labute approximate surface area is 83.9 Å². The van der Waals surface area contributed by atoms with Crippen LogP contribution in [0.2, 0.25) is 0 Å². The van der Waals surface area contributed by atoms with Gasteiger partial charge in [0.15, 0.2) is 11.9 Å². The van der Waals surface area contributed by atoms with Gasteiger partial charge < -0.3 is 4.74 Å². The van der Waals surface area contributed by atoms with Gasteiger partial charge in [0.1, 0.15) is 5.75 Å². The fourth-order valence-electron chi connectivity index (χ4n) is 1.78. The smallest absolute Gasteiger partial charge is 0.173 e. The molecule has 1 heterocycles. The van der Waals surface area contributed by atoms with Gasteiger partial charge in [-0.1, -0.05) is 25.1 Å². The summed E-state index contributed by atoms with van der Waals surface area (Å²) in [5, 5.41) is 0. The number of para-hydroxylation sites is 1. The molecule has 1 aromatic rings. The van der Waals surface area contributed by atoms with Crippen molar-refractivity contribution in [2.45, 2.75) is 32.3 Å². The minimum Gasteiger partial charge on any atom is -0.482 e. The van der Waals surface area contributed by atoms with Gasteiger partial charge in [0, 0.05) is 6.42 Å². The lowest BCUT2D eigenvalue weighted by molar-refractivity contribution is -0.126. The standard InChI is InChI=1S/C12H14O2/c1-2-10(13)12-8-7-9-5-3-4-6-11(9)14-12/h3-6,12H,2,7-8H2,1H3/t12-/m1/s1. The number of fused-ring (bicyclic) bond motifs is 1. The number of carbonyl (C=O) groups excluding carboxylic acids is 1. The van der Waals surface area contributed by atoms with E-state index in [0.29, 0.717) is 6.42 Å². The normalized spacial score (nSPS) is 19.6. The molecule has 2 heteroatoms. The molecule has 1 aromatic carbocycles. The van der Waals surface area contributed by atoms with E-state index >= 15 is 0 Å². The summed E-state index contributed by atoms with van der Waals surface area (Å²) in [6.45, 7) is 1.88. The Morgan fingerprint density at radius 3 is 3.07 bits per heavy atom. The fraction of sp³-hybridized carbons (Fsp3) is 0.417. The maximum atomic E-state index is 11.5. The van der Waals surface area contributed by atoms with Crippen LogP contribution in [0, 0.1) is 0 Å². The molecule has 0 spiro atoms. The third-order valence-electron chi connectivity index (χ3n) is 2.63. The predicted octanol–water partition coefficient (Wildman–Crippen LogP) is 2.36. The molecular weight excluding hydrogens is 176 g/mol. The van der Waals surface area contributed by atoms with Crippen molar-refractivity contribution in [3.8, 4) is 5.75 Å². The van der Waals surface area contributed by atoms with Gasteiger partial charge in [-0.25, -0.2) is 0 Å². The van der Waals surface area contributed by atoms with Crippen molar-refractivity contribution in [2.75, 3.05) is 0 Å². The van der Waals surface area contributed by atoms with E-state index in [9.17, 15) is 4.79 Å². The van der Waals surface area contributed by atoms with E-state index in [0.717, 1.165) is 18.6 Å². The first-order valence-electron chi connectivity index (χ1n) is 5.08. The van der Waals surface area contributed by atoms with Gasteiger partial charge in [-0.15, -0.1) is 0 Å². The van der Waals surface area contributed by atoms with E-state index in [-0.39, 0.29) is 11.9 Å². The number of ether oxygens (including phenoxy) is 1. The molecule has 0 radical (unpaired) electrons. The molecule has 74 valence electrons.